The Hall–Kier alpha value is -1.14. The molecule has 2 aliphatic rings. The van der Waals surface area contributed by atoms with E-state index < -0.39 is 0 Å². The van der Waals surface area contributed by atoms with Crippen LogP contribution in [0.1, 0.15) is 19.8 Å². The number of nitrogens with zero attached hydrogens (tertiary/aromatic N) is 1. The molecule has 3 rings (SSSR count). The highest BCUT2D eigenvalue weighted by atomic mass is 79.9. The Morgan fingerprint density at radius 2 is 2.37 bits per heavy atom. The third kappa shape index (κ3) is 2.47. The van der Waals surface area contributed by atoms with Crippen LogP contribution in [0.25, 0.3) is 0 Å². The molecule has 0 bridgehead atoms. The average molecular weight is 326 g/mol. The predicted molar refractivity (Wildman–Crippen MR) is 75.2 cm³/mol. The molecular formula is C13H16BrN3O2. The van der Waals surface area contributed by atoms with Crippen LogP contribution < -0.4 is 15.4 Å². The van der Waals surface area contributed by atoms with Crippen LogP contribution >= 0.6 is 15.9 Å². The summed E-state index contributed by atoms with van der Waals surface area (Å²) in [6.45, 7) is 2.22. The van der Waals surface area contributed by atoms with E-state index in [4.69, 9.17) is 4.74 Å². The summed E-state index contributed by atoms with van der Waals surface area (Å²) in [4.78, 5) is 16.4. The lowest BCUT2D eigenvalue weighted by atomic mass is 10.0. The molecule has 1 aliphatic heterocycles. The number of rotatable bonds is 3. The smallest absolute Gasteiger partial charge is 0.242 e. The van der Waals surface area contributed by atoms with Crippen LogP contribution in [0.3, 0.4) is 0 Å². The standard InChI is InChI=1S/C13H16BrN3O2/c1-13-5-8(15-9(13)6-13)12(18)17-11-4-7(19-2)3-10(14)16-11/h3-4,8-9,15H,5-6H2,1-2H3,(H,16,17,18)/t8?,9-,13+/m1/s1. The molecule has 1 aliphatic carbocycles. The van der Waals surface area contributed by atoms with Crippen molar-refractivity contribution < 1.29 is 9.53 Å². The highest BCUT2D eigenvalue weighted by molar-refractivity contribution is 9.10. The van der Waals surface area contributed by atoms with Gasteiger partial charge in [-0.3, -0.25) is 4.79 Å². The van der Waals surface area contributed by atoms with Crippen molar-refractivity contribution in [3.8, 4) is 5.75 Å². The van der Waals surface area contributed by atoms with E-state index in [0.29, 0.717) is 27.6 Å². The molecule has 2 heterocycles. The number of halogens is 1. The van der Waals surface area contributed by atoms with Crippen molar-refractivity contribution in [1.82, 2.24) is 10.3 Å². The summed E-state index contributed by atoms with van der Waals surface area (Å²) in [7, 11) is 1.58. The number of piperidine rings is 1. The summed E-state index contributed by atoms with van der Waals surface area (Å²) in [6.07, 6.45) is 2.08. The molecular weight excluding hydrogens is 310 g/mol. The lowest BCUT2D eigenvalue weighted by molar-refractivity contribution is -0.118. The first-order chi connectivity index (χ1) is 9.00. The zero-order valence-corrected chi connectivity index (χ0v) is 12.5. The van der Waals surface area contributed by atoms with Crippen molar-refractivity contribution >= 4 is 27.7 Å². The molecule has 1 aromatic heterocycles. The number of nitrogens with one attached hydrogen (secondary N) is 2. The Morgan fingerprint density at radius 3 is 3.00 bits per heavy atom. The normalized spacial score (nSPS) is 31.7. The second-order valence-corrected chi connectivity index (χ2v) is 6.35. The third-order valence-corrected chi connectivity index (χ3v) is 4.40. The van der Waals surface area contributed by atoms with Crippen molar-refractivity contribution in [2.45, 2.75) is 31.8 Å². The first kappa shape index (κ1) is 12.9. The molecule has 1 aromatic rings. The van der Waals surface area contributed by atoms with Crippen LogP contribution in [-0.2, 0) is 4.79 Å². The number of aromatic nitrogens is 1. The number of pyridine rings is 1. The van der Waals surface area contributed by atoms with Gasteiger partial charge in [-0.25, -0.2) is 4.98 Å². The predicted octanol–water partition coefficient (Wildman–Crippen LogP) is 1.93. The minimum Gasteiger partial charge on any atom is -0.497 e. The zero-order chi connectivity index (χ0) is 13.6. The summed E-state index contributed by atoms with van der Waals surface area (Å²) in [6, 6.07) is 3.85. The fourth-order valence-corrected chi connectivity index (χ4v) is 3.11. The molecule has 1 saturated carbocycles. The van der Waals surface area contributed by atoms with E-state index in [1.54, 1.807) is 19.2 Å². The van der Waals surface area contributed by atoms with Gasteiger partial charge in [-0.15, -0.1) is 0 Å². The maximum absolute atomic E-state index is 12.2. The summed E-state index contributed by atoms with van der Waals surface area (Å²) < 4.78 is 5.78. The number of carbonyl (C=O) groups excluding carboxylic acids is 1. The quantitative estimate of drug-likeness (QED) is 0.833. The minimum atomic E-state index is -0.115. The molecule has 2 fully saturated rings. The zero-order valence-electron chi connectivity index (χ0n) is 10.9. The van der Waals surface area contributed by atoms with Gasteiger partial charge in [-0.05, 0) is 34.2 Å². The summed E-state index contributed by atoms with van der Waals surface area (Å²) in [5.74, 6) is 1.14. The first-order valence-electron chi connectivity index (χ1n) is 6.29. The Kier molecular flexibility index (Phi) is 3.02. The van der Waals surface area contributed by atoms with Gasteiger partial charge in [-0.1, -0.05) is 6.92 Å². The Bertz CT molecular complexity index is 537. The highest BCUT2D eigenvalue weighted by Gasteiger charge is 2.58. The molecule has 19 heavy (non-hydrogen) atoms. The second-order valence-electron chi connectivity index (χ2n) is 5.54. The van der Waals surface area contributed by atoms with Crippen LogP contribution in [0.5, 0.6) is 5.75 Å². The number of hydrogen-bond donors (Lipinski definition) is 2. The van der Waals surface area contributed by atoms with Crippen LogP contribution in [-0.4, -0.2) is 30.1 Å². The lowest BCUT2D eigenvalue weighted by Gasteiger charge is -2.14. The van der Waals surface area contributed by atoms with E-state index >= 15 is 0 Å². The maximum Gasteiger partial charge on any atom is 0.242 e. The van der Waals surface area contributed by atoms with Crippen molar-refractivity contribution in [3.05, 3.63) is 16.7 Å². The van der Waals surface area contributed by atoms with E-state index in [1.807, 2.05) is 0 Å². The van der Waals surface area contributed by atoms with Crippen LogP contribution in [0, 0.1) is 5.41 Å². The van der Waals surface area contributed by atoms with Gasteiger partial charge in [0, 0.05) is 18.2 Å². The van der Waals surface area contributed by atoms with Crippen molar-refractivity contribution in [3.63, 3.8) is 0 Å². The van der Waals surface area contributed by atoms with Crippen LogP contribution in [0.4, 0.5) is 5.82 Å². The van der Waals surface area contributed by atoms with E-state index in [9.17, 15) is 4.79 Å². The van der Waals surface area contributed by atoms with E-state index in [1.165, 1.54) is 6.42 Å². The minimum absolute atomic E-state index is 0.0268. The lowest BCUT2D eigenvalue weighted by Crippen LogP contribution is -2.38. The average Bonchev–Trinajstić information content (AvgIpc) is 2.86. The molecule has 6 heteroatoms. The molecule has 3 atom stereocenters. The number of fused-ring (bicyclic) bond motifs is 1. The van der Waals surface area contributed by atoms with E-state index in [2.05, 4.69) is 38.5 Å². The van der Waals surface area contributed by atoms with Crippen molar-refractivity contribution in [1.29, 1.82) is 0 Å². The van der Waals surface area contributed by atoms with Crippen molar-refractivity contribution in [2.75, 3.05) is 12.4 Å². The fourth-order valence-electron chi connectivity index (χ4n) is 2.70. The van der Waals surface area contributed by atoms with Gasteiger partial charge in [0.1, 0.15) is 16.2 Å². The maximum atomic E-state index is 12.2. The summed E-state index contributed by atoms with van der Waals surface area (Å²) in [5.41, 5.74) is 0.324. The molecule has 1 unspecified atom stereocenters. The first-order valence-corrected chi connectivity index (χ1v) is 7.08. The largest absolute Gasteiger partial charge is 0.497 e. The number of anilines is 1. The molecule has 102 valence electrons. The molecule has 0 aromatic carbocycles. The Labute approximate surface area is 120 Å². The number of carbonyl (C=O) groups is 1. The van der Waals surface area contributed by atoms with Gasteiger partial charge in [0.25, 0.3) is 0 Å². The van der Waals surface area contributed by atoms with Crippen LogP contribution in [0.15, 0.2) is 16.7 Å². The van der Waals surface area contributed by atoms with Gasteiger partial charge in [0.2, 0.25) is 5.91 Å². The second kappa shape index (κ2) is 4.45. The number of methoxy groups -OCH3 is 1. The fraction of sp³-hybridized carbons (Fsp3) is 0.538. The summed E-state index contributed by atoms with van der Waals surface area (Å²) >= 11 is 3.29. The number of hydrogen-bond acceptors (Lipinski definition) is 4. The molecule has 2 N–H and O–H groups in total. The Morgan fingerprint density at radius 1 is 1.58 bits per heavy atom. The van der Waals surface area contributed by atoms with Crippen molar-refractivity contribution in [2.24, 2.45) is 5.41 Å². The summed E-state index contributed by atoms with van der Waals surface area (Å²) in [5, 5.41) is 6.18. The van der Waals surface area contributed by atoms with E-state index in [-0.39, 0.29) is 11.9 Å². The number of ether oxygens (including phenoxy) is 1. The van der Waals surface area contributed by atoms with Gasteiger partial charge in [0.15, 0.2) is 0 Å². The monoisotopic (exact) mass is 325 g/mol. The molecule has 1 amide bonds. The van der Waals surface area contributed by atoms with E-state index in [0.717, 1.165) is 6.42 Å². The van der Waals surface area contributed by atoms with Crippen LogP contribution in [0.2, 0.25) is 0 Å². The third-order valence-electron chi connectivity index (χ3n) is 4.00. The highest BCUT2D eigenvalue weighted by Crippen LogP contribution is 2.53. The molecule has 0 spiro atoms. The van der Waals surface area contributed by atoms with Gasteiger partial charge >= 0.3 is 0 Å². The van der Waals surface area contributed by atoms with Gasteiger partial charge in [-0.2, -0.15) is 0 Å². The van der Waals surface area contributed by atoms with Gasteiger partial charge in [0.05, 0.1) is 13.2 Å². The molecule has 1 saturated heterocycles. The Balaban J connectivity index is 1.68. The topological polar surface area (TPSA) is 63.2 Å². The van der Waals surface area contributed by atoms with Gasteiger partial charge < -0.3 is 15.4 Å². The SMILES string of the molecule is COc1cc(Br)nc(NC(=O)C2C[C@@]3(C)C[C@H]3N2)c1. The number of amides is 1. The molecule has 0 radical (unpaired) electrons. The molecule has 5 nitrogen and oxygen atoms in total.